The number of nitrogens with zero attached hydrogens (tertiary/aromatic N) is 3. The highest BCUT2D eigenvalue weighted by Crippen LogP contribution is 2.28. The third kappa shape index (κ3) is 2.87. The summed E-state index contributed by atoms with van der Waals surface area (Å²) in [5, 5.41) is 4.60. The van der Waals surface area contributed by atoms with E-state index >= 15 is 0 Å². The molecule has 0 spiro atoms. The molecule has 1 fully saturated rings. The highest BCUT2D eigenvalue weighted by molar-refractivity contribution is 7.19. The average molecular weight is 345 g/mol. The second kappa shape index (κ2) is 5.99. The van der Waals surface area contributed by atoms with Gasteiger partial charge in [-0.2, -0.15) is 11.3 Å². The molecule has 23 heavy (non-hydrogen) atoms. The van der Waals surface area contributed by atoms with E-state index in [9.17, 15) is 4.79 Å². The third-order valence-corrected chi connectivity index (χ3v) is 5.48. The molecule has 1 aliphatic rings. The van der Waals surface area contributed by atoms with Gasteiger partial charge in [0.2, 0.25) is 0 Å². The first-order valence-corrected chi connectivity index (χ1v) is 9.15. The highest BCUT2D eigenvalue weighted by atomic mass is 32.1. The Morgan fingerprint density at radius 2 is 2.30 bits per heavy atom. The van der Waals surface area contributed by atoms with Gasteiger partial charge in [0.05, 0.1) is 12.6 Å². The van der Waals surface area contributed by atoms with Crippen molar-refractivity contribution in [3.8, 4) is 0 Å². The first-order valence-electron chi connectivity index (χ1n) is 7.39. The lowest BCUT2D eigenvalue weighted by Gasteiger charge is -2.36. The van der Waals surface area contributed by atoms with Gasteiger partial charge in [-0.05, 0) is 41.4 Å². The molecule has 0 saturated carbocycles. The number of fused-ring (bicyclic) bond motifs is 1. The van der Waals surface area contributed by atoms with E-state index in [1.165, 1.54) is 11.3 Å². The summed E-state index contributed by atoms with van der Waals surface area (Å²) >= 11 is 2.99. The maximum Gasteiger partial charge on any atom is 0.283 e. The number of carbonyl (C=O) groups excluding carboxylic acids is 1. The number of amides is 1. The van der Waals surface area contributed by atoms with Crippen molar-refractivity contribution in [3.63, 3.8) is 0 Å². The number of pyridine rings is 1. The second-order valence-corrected chi connectivity index (χ2v) is 7.31. The molecule has 3 aromatic heterocycles. The number of hydrogen-bond donors (Lipinski definition) is 0. The number of aromatic nitrogens is 2. The average Bonchev–Trinajstić information content (AvgIpc) is 3.22. The van der Waals surface area contributed by atoms with Gasteiger partial charge in [-0.3, -0.25) is 4.79 Å². The van der Waals surface area contributed by atoms with E-state index < -0.39 is 0 Å². The Morgan fingerprint density at radius 1 is 1.39 bits per heavy atom. The van der Waals surface area contributed by atoms with Crippen LogP contribution in [0.25, 0.3) is 10.3 Å². The number of thiophene rings is 1. The molecule has 7 heteroatoms. The van der Waals surface area contributed by atoms with Gasteiger partial charge in [0.15, 0.2) is 5.01 Å². The molecule has 2 atom stereocenters. The third-order valence-electron chi connectivity index (χ3n) is 3.81. The molecule has 0 bridgehead atoms. The summed E-state index contributed by atoms with van der Waals surface area (Å²) in [6.07, 6.45) is 1.66. The molecule has 1 amide bonds. The van der Waals surface area contributed by atoms with Crippen molar-refractivity contribution >= 4 is 38.9 Å². The molecule has 0 aliphatic carbocycles. The van der Waals surface area contributed by atoms with Gasteiger partial charge in [-0.25, -0.2) is 9.97 Å². The minimum atomic E-state index is -0.0681. The van der Waals surface area contributed by atoms with Gasteiger partial charge >= 0.3 is 0 Å². The van der Waals surface area contributed by atoms with Crippen LogP contribution >= 0.6 is 22.7 Å². The predicted molar refractivity (Wildman–Crippen MR) is 90.9 cm³/mol. The summed E-state index contributed by atoms with van der Waals surface area (Å²) < 4.78 is 5.99. The summed E-state index contributed by atoms with van der Waals surface area (Å²) in [4.78, 5) is 24.2. The van der Waals surface area contributed by atoms with Crippen LogP contribution in [-0.4, -0.2) is 40.0 Å². The van der Waals surface area contributed by atoms with E-state index in [1.54, 1.807) is 17.5 Å². The Balaban J connectivity index is 1.59. The van der Waals surface area contributed by atoms with Crippen LogP contribution in [0, 0.1) is 0 Å². The zero-order chi connectivity index (χ0) is 15.8. The van der Waals surface area contributed by atoms with Crippen molar-refractivity contribution in [2.75, 3.05) is 13.1 Å². The molecule has 0 radical (unpaired) electrons. The standard InChI is InChI=1S/C16H15N3O2S2/c1-10-7-19(8-13(21-10)11-4-6-22-9-11)16(20)15-18-12-3-2-5-17-14(12)23-15/h2-6,9-10,13H,7-8H2,1H3/t10-,13-/m0/s1. The van der Waals surface area contributed by atoms with Crippen LogP contribution in [0.1, 0.15) is 28.4 Å². The van der Waals surface area contributed by atoms with Crippen molar-refractivity contribution in [3.05, 3.63) is 45.7 Å². The Labute approximate surface area is 141 Å². The topological polar surface area (TPSA) is 55.3 Å². The van der Waals surface area contributed by atoms with Gasteiger partial charge in [-0.1, -0.05) is 11.3 Å². The maximum absolute atomic E-state index is 12.8. The van der Waals surface area contributed by atoms with Crippen LogP contribution in [0.15, 0.2) is 35.2 Å². The van der Waals surface area contributed by atoms with E-state index in [-0.39, 0.29) is 18.1 Å². The fourth-order valence-corrected chi connectivity index (χ4v) is 4.33. The molecular formula is C16H15N3O2S2. The Bertz CT molecular complexity index is 798. The Hall–Kier alpha value is -1.83. The van der Waals surface area contributed by atoms with Crippen molar-refractivity contribution in [1.82, 2.24) is 14.9 Å². The van der Waals surface area contributed by atoms with Crippen molar-refractivity contribution in [2.24, 2.45) is 0 Å². The first-order chi connectivity index (χ1) is 11.2. The lowest BCUT2D eigenvalue weighted by Crippen LogP contribution is -2.45. The molecular weight excluding hydrogens is 330 g/mol. The molecule has 3 aromatic rings. The summed E-state index contributed by atoms with van der Waals surface area (Å²) in [5.41, 5.74) is 1.90. The minimum Gasteiger partial charge on any atom is -0.367 e. The number of hydrogen-bond acceptors (Lipinski definition) is 6. The molecule has 4 rings (SSSR count). The maximum atomic E-state index is 12.8. The Morgan fingerprint density at radius 3 is 3.09 bits per heavy atom. The molecule has 118 valence electrons. The van der Waals surface area contributed by atoms with Crippen LogP contribution in [0.5, 0.6) is 0 Å². The van der Waals surface area contributed by atoms with Crippen LogP contribution < -0.4 is 0 Å². The molecule has 1 aliphatic heterocycles. The van der Waals surface area contributed by atoms with Crippen molar-refractivity contribution < 1.29 is 9.53 Å². The van der Waals surface area contributed by atoms with Gasteiger partial charge in [-0.15, -0.1) is 0 Å². The highest BCUT2D eigenvalue weighted by Gasteiger charge is 2.31. The number of thiazole rings is 1. The molecule has 5 nitrogen and oxygen atoms in total. The first kappa shape index (κ1) is 14.7. The lowest BCUT2D eigenvalue weighted by molar-refractivity contribution is -0.0690. The van der Waals surface area contributed by atoms with E-state index in [1.807, 2.05) is 29.3 Å². The Kier molecular flexibility index (Phi) is 3.84. The van der Waals surface area contributed by atoms with Crippen molar-refractivity contribution in [2.45, 2.75) is 19.1 Å². The predicted octanol–water partition coefficient (Wildman–Crippen LogP) is 3.36. The summed E-state index contributed by atoms with van der Waals surface area (Å²) in [6.45, 7) is 3.14. The van der Waals surface area contributed by atoms with Crippen LogP contribution in [0.4, 0.5) is 0 Å². The van der Waals surface area contributed by atoms with E-state index in [0.717, 1.165) is 15.9 Å². The molecule has 0 N–H and O–H groups in total. The lowest BCUT2D eigenvalue weighted by atomic mass is 10.1. The zero-order valence-electron chi connectivity index (χ0n) is 12.5. The molecule has 0 unspecified atom stereocenters. The zero-order valence-corrected chi connectivity index (χ0v) is 14.1. The van der Waals surface area contributed by atoms with Crippen LogP contribution in [-0.2, 0) is 4.74 Å². The smallest absolute Gasteiger partial charge is 0.283 e. The summed E-state index contributed by atoms with van der Waals surface area (Å²) in [7, 11) is 0. The number of morpholine rings is 1. The SMILES string of the molecule is C[C@H]1CN(C(=O)c2nc3cccnc3s2)C[C@@H](c2ccsc2)O1. The largest absolute Gasteiger partial charge is 0.367 e. The quantitative estimate of drug-likeness (QED) is 0.715. The monoisotopic (exact) mass is 345 g/mol. The normalized spacial score (nSPS) is 21.7. The summed E-state index contributed by atoms with van der Waals surface area (Å²) in [6, 6.07) is 5.77. The summed E-state index contributed by atoms with van der Waals surface area (Å²) in [5.74, 6) is -0.0385. The van der Waals surface area contributed by atoms with Crippen LogP contribution in [0.3, 0.4) is 0 Å². The van der Waals surface area contributed by atoms with E-state index in [4.69, 9.17) is 4.74 Å². The molecule has 0 aromatic carbocycles. The van der Waals surface area contributed by atoms with E-state index in [2.05, 4.69) is 21.4 Å². The van der Waals surface area contributed by atoms with Crippen LogP contribution in [0.2, 0.25) is 0 Å². The number of carbonyl (C=O) groups is 1. The van der Waals surface area contributed by atoms with Gasteiger partial charge in [0, 0.05) is 12.7 Å². The minimum absolute atomic E-state index is 0.00473. The fourth-order valence-electron chi connectivity index (χ4n) is 2.76. The van der Waals surface area contributed by atoms with E-state index in [0.29, 0.717) is 18.1 Å². The van der Waals surface area contributed by atoms with Gasteiger partial charge < -0.3 is 9.64 Å². The molecule has 1 saturated heterocycles. The van der Waals surface area contributed by atoms with Gasteiger partial charge in [0.1, 0.15) is 16.5 Å². The number of ether oxygens (including phenoxy) is 1. The van der Waals surface area contributed by atoms with Crippen molar-refractivity contribution in [1.29, 1.82) is 0 Å². The molecule has 4 heterocycles. The number of rotatable bonds is 2. The second-order valence-electron chi connectivity index (χ2n) is 5.55. The van der Waals surface area contributed by atoms with Gasteiger partial charge in [0.25, 0.3) is 5.91 Å². The fraction of sp³-hybridized carbons (Fsp3) is 0.312.